The van der Waals surface area contributed by atoms with Gasteiger partial charge in [0, 0.05) is 50.4 Å². The van der Waals surface area contributed by atoms with Gasteiger partial charge in [-0.25, -0.2) is 9.97 Å². The predicted molar refractivity (Wildman–Crippen MR) is 106 cm³/mol. The lowest BCUT2D eigenvalue weighted by molar-refractivity contribution is 0.626. The van der Waals surface area contributed by atoms with Crippen LogP contribution in [-0.4, -0.2) is 24.1 Å². The maximum atomic E-state index is 6.39. The molecule has 0 aliphatic rings. The lowest BCUT2D eigenvalue weighted by atomic mass is 10.1. The number of imidazole rings is 2. The third kappa shape index (κ3) is 3.39. The minimum absolute atomic E-state index is 0.203. The molecular weight excluding hydrogens is 336 g/mol. The normalized spacial score (nSPS) is 12.3. The van der Waals surface area contributed by atoms with Gasteiger partial charge in [-0.15, -0.1) is 0 Å². The summed E-state index contributed by atoms with van der Waals surface area (Å²) >= 11 is 0. The number of rotatable bonds is 5. The third-order valence-corrected chi connectivity index (χ3v) is 4.77. The van der Waals surface area contributed by atoms with Gasteiger partial charge in [0.05, 0.1) is 17.9 Å². The first-order valence-corrected chi connectivity index (χ1v) is 8.88. The lowest BCUT2D eigenvalue weighted by Crippen LogP contribution is -2.18. The molecule has 0 bridgehead atoms. The molecule has 4 aromatic rings. The molecule has 0 aliphatic heterocycles. The van der Waals surface area contributed by atoms with E-state index in [2.05, 4.69) is 43.8 Å². The molecule has 0 saturated carbocycles. The van der Waals surface area contributed by atoms with E-state index in [4.69, 9.17) is 5.73 Å². The van der Waals surface area contributed by atoms with Gasteiger partial charge in [-0.1, -0.05) is 30.3 Å². The van der Waals surface area contributed by atoms with Crippen molar-refractivity contribution >= 4 is 0 Å². The zero-order chi connectivity index (χ0) is 18.8. The van der Waals surface area contributed by atoms with Gasteiger partial charge in [-0.2, -0.15) is 0 Å². The monoisotopic (exact) mass is 358 g/mol. The van der Waals surface area contributed by atoms with Crippen molar-refractivity contribution in [3.05, 3.63) is 78.8 Å². The number of pyridine rings is 1. The van der Waals surface area contributed by atoms with Crippen LogP contribution in [0, 0.1) is 0 Å². The zero-order valence-corrected chi connectivity index (χ0v) is 15.4. The van der Waals surface area contributed by atoms with E-state index in [0.29, 0.717) is 6.42 Å². The van der Waals surface area contributed by atoms with E-state index < -0.39 is 0 Å². The Hall–Kier alpha value is -3.25. The summed E-state index contributed by atoms with van der Waals surface area (Å²) < 4.78 is 4.07. The summed E-state index contributed by atoms with van der Waals surface area (Å²) in [5.41, 5.74) is 10.6. The van der Waals surface area contributed by atoms with Gasteiger partial charge in [0.15, 0.2) is 0 Å². The molecule has 3 aromatic heterocycles. The highest BCUT2D eigenvalue weighted by atomic mass is 15.1. The van der Waals surface area contributed by atoms with Crippen molar-refractivity contribution in [3.8, 4) is 22.6 Å². The van der Waals surface area contributed by atoms with Crippen LogP contribution in [0.25, 0.3) is 22.6 Å². The number of nitrogens with two attached hydrogens (primary N) is 1. The van der Waals surface area contributed by atoms with Crippen LogP contribution in [0.15, 0.2) is 67.3 Å². The average Bonchev–Trinajstić information content (AvgIpc) is 3.28. The maximum Gasteiger partial charge on any atom is 0.139 e. The van der Waals surface area contributed by atoms with Crippen molar-refractivity contribution in [1.29, 1.82) is 0 Å². The fourth-order valence-corrected chi connectivity index (χ4v) is 3.31. The van der Waals surface area contributed by atoms with Gasteiger partial charge >= 0.3 is 0 Å². The molecule has 6 heteroatoms. The van der Waals surface area contributed by atoms with Crippen molar-refractivity contribution in [1.82, 2.24) is 24.1 Å². The first-order chi connectivity index (χ1) is 13.1. The third-order valence-electron chi connectivity index (χ3n) is 4.77. The Morgan fingerprint density at radius 1 is 0.926 bits per heavy atom. The standard InChI is InChI=1S/C21H22N6/c1-26-12-11-24-20(26)16-8-6-15(7-9-16)19-14-25-21(27(19)2)18(22)13-17-5-3-4-10-23-17/h3-12,14,18H,13,22H2,1-2H3/t18-/m0/s1. The molecule has 1 aromatic carbocycles. The largest absolute Gasteiger partial charge is 0.334 e. The summed E-state index contributed by atoms with van der Waals surface area (Å²) in [6, 6.07) is 14.0. The summed E-state index contributed by atoms with van der Waals surface area (Å²) in [5.74, 6) is 1.80. The van der Waals surface area contributed by atoms with E-state index in [-0.39, 0.29) is 6.04 Å². The maximum absolute atomic E-state index is 6.39. The van der Waals surface area contributed by atoms with E-state index in [1.807, 2.05) is 49.3 Å². The quantitative estimate of drug-likeness (QED) is 0.595. The molecule has 0 unspecified atom stereocenters. The van der Waals surface area contributed by atoms with Crippen molar-refractivity contribution in [2.24, 2.45) is 19.8 Å². The Morgan fingerprint density at radius 3 is 2.37 bits per heavy atom. The predicted octanol–water partition coefficient (Wildman–Crippen LogP) is 3.13. The van der Waals surface area contributed by atoms with E-state index in [1.165, 1.54) is 0 Å². The average molecular weight is 358 g/mol. The molecule has 0 amide bonds. The van der Waals surface area contributed by atoms with Gasteiger partial charge in [0.1, 0.15) is 11.6 Å². The van der Waals surface area contributed by atoms with Crippen LogP contribution in [0.2, 0.25) is 0 Å². The van der Waals surface area contributed by atoms with Crippen LogP contribution in [0.5, 0.6) is 0 Å². The highest BCUT2D eigenvalue weighted by molar-refractivity contribution is 5.65. The summed E-state index contributed by atoms with van der Waals surface area (Å²) in [6.45, 7) is 0. The Labute approximate surface area is 158 Å². The van der Waals surface area contributed by atoms with Crippen molar-refractivity contribution in [2.75, 3.05) is 0 Å². The molecule has 136 valence electrons. The van der Waals surface area contributed by atoms with E-state index in [0.717, 1.165) is 34.2 Å². The first kappa shape index (κ1) is 17.2. The molecule has 0 fully saturated rings. The fraction of sp³-hybridized carbons (Fsp3) is 0.190. The molecule has 0 saturated heterocycles. The molecule has 0 radical (unpaired) electrons. The van der Waals surface area contributed by atoms with Crippen molar-refractivity contribution < 1.29 is 0 Å². The number of aryl methyl sites for hydroxylation is 1. The Kier molecular flexibility index (Phi) is 4.56. The van der Waals surface area contributed by atoms with Crippen LogP contribution in [0.4, 0.5) is 0 Å². The minimum atomic E-state index is -0.203. The van der Waals surface area contributed by atoms with Gasteiger partial charge in [0.25, 0.3) is 0 Å². The number of aromatic nitrogens is 5. The zero-order valence-electron chi connectivity index (χ0n) is 15.4. The van der Waals surface area contributed by atoms with Crippen LogP contribution < -0.4 is 5.73 Å². The molecule has 4 rings (SSSR count). The van der Waals surface area contributed by atoms with Gasteiger partial charge in [-0.05, 0) is 17.7 Å². The van der Waals surface area contributed by atoms with Crippen molar-refractivity contribution in [3.63, 3.8) is 0 Å². The van der Waals surface area contributed by atoms with Crippen LogP contribution in [-0.2, 0) is 20.5 Å². The van der Waals surface area contributed by atoms with Crippen molar-refractivity contribution in [2.45, 2.75) is 12.5 Å². The van der Waals surface area contributed by atoms with Crippen LogP contribution in [0.3, 0.4) is 0 Å². The van der Waals surface area contributed by atoms with E-state index in [1.54, 1.807) is 12.4 Å². The Bertz CT molecular complexity index is 1030. The molecule has 0 aliphatic carbocycles. The van der Waals surface area contributed by atoms with E-state index >= 15 is 0 Å². The number of nitrogens with zero attached hydrogens (tertiary/aromatic N) is 5. The molecule has 27 heavy (non-hydrogen) atoms. The molecular formula is C21H22N6. The summed E-state index contributed by atoms with van der Waals surface area (Å²) in [6.07, 6.45) is 8.07. The first-order valence-electron chi connectivity index (χ1n) is 8.88. The molecule has 6 nitrogen and oxygen atoms in total. The highest BCUT2D eigenvalue weighted by Crippen LogP contribution is 2.26. The second-order valence-corrected chi connectivity index (χ2v) is 6.63. The molecule has 3 heterocycles. The number of benzene rings is 1. The fourth-order valence-electron chi connectivity index (χ4n) is 3.31. The molecule has 1 atom stereocenters. The molecule has 2 N–H and O–H groups in total. The lowest BCUT2D eigenvalue weighted by Gasteiger charge is -2.13. The van der Waals surface area contributed by atoms with Gasteiger partial charge in [0.2, 0.25) is 0 Å². The Balaban J connectivity index is 1.57. The Morgan fingerprint density at radius 2 is 1.70 bits per heavy atom. The summed E-state index contributed by atoms with van der Waals surface area (Å²) in [4.78, 5) is 13.3. The molecule has 0 spiro atoms. The highest BCUT2D eigenvalue weighted by Gasteiger charge is 2.16. The summed E-state index contributed by atoms with van der Waals surface area (Å²) in [7, 11) is 4.00. The van der Waals surface area contributed by atoms with Crippen LogP contribution in [0.1, 0.15) is 17.6 Å². The summed E-state index contributed by atoms with van der Waals surface area (Å²) in [5, 5.41) is 0. The number of hydrogen-bond acceptors (Lipinski definition) is 4. The minimum Gasteiger partial charge on any atom is -0.334 e. The number of hydrogen-bond donors (Lipinski definition) is 1. The van der Waals surface area contributed by atoms with E-state index in [9.17, 15) is 0 Å². The topological polar surface area (TPSA) is 74.6 Å². The van der Waals surface area contributed by atoms with Gasteiger partial charge in [-0.3, -0.25) is 4.98 Å². The SMILES string of the molecule is Cn1ccnc1-c1ccc(-c2cnc([C@@H](N)Cc3ccccn3)n2C)cc1. The second kappa shape index (κ2) is 7.17. The van der Waals surface area contributed by atoms with Gasteiger partial charge < -0.3 is 14.9 Å². The van der Waals surface area contributed by atoms with Crippen LogP contribution >= 0.6 is 0 Å². The second-order valence-electron chi connectivity index (χ2n) is 6.63. The smallest absolute Gasteiger partial charge is 0.139 e.